The lowest BCUT2D eigenvalue weighted by Gasteiger charge is -2.29. The molecule has 0 aromatic heterocycles. The minimum atomic E-state index is -0.789. The molecule has 1 aliphatic heterocycles. The van der Waals surface area contributed by atoms with Gasteiger partial charge in [0.15, 0.2) is 0 Å². The van der Waals surface area contributed by atoms with Gasteiger partial charge in [-0.25, -0.2) is 14.4 Å². The lowest BCUT2D eigenvalue weighted by atomic mass is 9.95. The highest BCUT2D eigenvalue weighted by atomic mass is 16.5. The van der Waals surface area contributed by atoms with Crippen molar-refractivity contribution in [1.82, 2.24) is 10.6 Å². The zero-order chi connectivity index (χ0) is 23.8. The highest BCUT2D eigenvalue weighted by molar-refractivity contribution is 5.95. The Balaban J connectivity index is 1.89. The summed E-state index contributed by atoms with van der Waals surface area (Å²) in [6.45, 7) is 1.86. The molecule has 9 heteroatoms. The quantitative estimate of drug-likeness (QED) is 0.560. The summed E-state index contributed by atoms with van der Waals surface area (Å²) in [6, 6.07) is 12.4. The van der Waals surface area contributed by atoms with E-state index in [-0.39, 0.29) is 24.5 Å². The first-order valence-corrected chi connectivity index (χ1v) is 10.3. The first kappa shape index (κ1) is 23.8. The van der Waals surface area contributed by atoms with Crippen molar-refractivity contribution in [2.24, 2.45) is 0 Å². The number of esters is 2. The average Bonchev–Trinajstić information content (AvgIpc) is 2.82. The Kier molecular flexibility index (Phi) is 8.04. The van der Waals surface area contributed by atoms with E-state index in [1.165, 1.54) is 0 Å². The number of nitrogens with one attached hydrogen (secondary N) is 2. The topological polar surface area (TPSA) is 112 Å². The van der Waals surface area contributed by atoms with Crippen molar-refractivity contribution < 1.29 is 33.3 Å². The zero-order valence-corrected chi connectivity index (χ0v) is 18.7. The van der Waals surface area contributed by atoms with Gasteiger partial charge in [-0.1, -0.05) is 24.3 Å². The van der Waals surface area contributed by atoms with Crippen molar-refractivity contribution in [2.45, 2.75) is 19.6 Å². The van der Waals surface area contributed by atoms with Gasteiger partial charge >= 0.3 is 18.0 Å². The van der Waals surface area contributed by atoms with Crippen LogP contribution in [0, 0.1) is 0 Å². The van der Waals surface area contributed by atoms with Crippen molar-refractivity contribution in [3.8, 4) is 5.75 Å². The monoisotopic (exact) mass is 454 g/mol. The van der Waals surface area contributed by atoms with Crippen molar-refractivity contribution >= 4 is 18.0 Å². The molecule has 0 saturated heterocycles. The van der Waals surface area contributed by atoms with Crippen LogP contribution in [0.3, 0.4) is 0 Å². The normalized spacial score (nSPS) is 15.4. The van der Waals surface area contributed by atoms with Gasteiger partial charge in [-0.15, -0.1) is 0 Å². The molecule has 0 radical (unpaired) electrons. The molecule has 3 rings (SSSR count). The number of hydrogen-bond donors (Lipinski definition) is 2. The number of hydrogen-bond acceptors (Lipinski definition) is 7. The minimum absolute atomic E-state index is 0.144. The summed E-state index contributed by atoms with van der Waals surface area (Å²) in [6.07, 6.45) is 0. The summed E-state index contributed by atoms with van der Waals surface area (Å²) < 4.78 is 20.9. The Hall–Kier alpha value is -3.85. The Morgan fingerprint density at radius 2 is 1.73 bits per heavy atom. The largest absolute Gasteiger partial charge is 0.497 e. The fourth-order valence-electron chi connectivity index (χ4n) is 3.40. The van der Waals surface area contributed by atoms with E-state index < -0.39 is 24.0 Å². The van der Waals surface area contributed by atoms with E-state index in [4.69, 9.17) is 18.9 Å². The number of carbonyl (C=O) groups is 3. The number of carbonyl (C=O) groups excluding carboxylic acids is 3. The molecule has 1 unspecified atom stereocenters. The van der Waals surface area contributed by atoms with Gasteiger partial charge in [0.1, 0.15) is 12.4 Å². The maximum Gasteiger partial charge on any atom is 0.338 e. The van der Waals surface area contributed by atoms with Gasteiger partial charge < -0.3 is 29.6 Å². The van der Waals surface area contributed by atoms with Gasteiger partial charge in [0, 0.05) is 7.11 Å². The van der Waals surface area contributed by atoms with Crippen molar-refractivity contribution in [1.29, 1.82) is 0 Å². The van der Waals surface area contributed by atoms with Crippen LogP contribution in [0.1, 0.15) is 34.5 Å². The molecule has 9 nitrogen and oxygen atoms in total. The van der Waals surface area contributed by atoms with Gasteiger partial charge in [0.2, 0.25) is 0 Å². The second-order valence-electron chi connectivity index (χ2n) is 7.13. The predicted octanol–water partition coefficient (Wildman–Crippen LogP) is 2.87. The van der Waals surface area contributed by atoms with E-state index in [2.05, 4.69) is 10.6 Å². The summed E-state index contributed by atoms with van der Waals surface area (Å²) in [5.41, 5.74) is 2.09. The number of ether oxygens (including phenoxy) is 4. The SMILES string of the molecule is CCOC(=O)C1=C(COC(=O)c2cccc(COC)c2)NC(=O)NC1c1ccc(OC)cc1. The third-order valence-corrected chi connectivity index (χ3v) is 4.92. The third-order valence-electron chi connectivity index (χ3n) is 4.92. The molecule has 2 amide bonds. The van der Waals surface area contributed by atoms with Crippen LogP contribution in [0.5, 0.6) is 5.75 Å². The molecule has 0 saturated carbocycles. The molecule has 2 aromatic carbocycles. The van der Waals surface area contributed by atoms with Crippen LogP contribution in [0.2, 0.25) is 0 Å². The molecule has 2 aromatic rings. The summed E-state index contributed by atoms with van der Waals surface area (Å²) in [7, 11) is 3.11. The zero-order valence-electron chi connectivity index (χ0n) is 18.7. The van der Waals surface area contributed by atoms with Gasteiger partial charge in [-0.2, -0.15) is 0 Å². The molecule has 0 bridgehead atoms. The van der Waals surface area contributed by atoms with Gasteiger partial charge in [-0.05, 0) is 42.3 Å². The Bertz CT molecular complexity index is 1050. The van der Waals surface area contributed by atoms with E-state index in [1.54, 1.807) is 63.6 Å². The van der Waals surface area contributed by atoms with Gasteiger partial charge in [0.05, 0.1) is 43.2 Å². The highest BCUT2D eigenvalue weighted by Crippen LogP contribution is 2.29. The van der Waals surface area contributed by atoms with E-state index in [0.717, 1.165) is 5.56 Å². The summed E-state index contributed by atoms with van der Waals surface area (Å²) in [5.74, 6) is -0.595. The maximum absolute atomic E-state index is 12.8. The third kappa shape index (κ3) is 5.89. The van der Waals surface area contributed by atoms with Crippen molar-refractivity contribution in [3.63, 3.8) is 0 Å². The van der Waals surface area contributed by atoms with Crippen molar-refractivity contribution in [2.75, 3.05) is 27.4 Å². The molecule has 0 fully saturated rings. The van der Waals surface area contributed by atoms with E-state index in [9.17, 15) is 14.4 Å². The molecule has 1 atom stereocenters. The number of benzene rings is 2. The Morgan fingerprint density at radius 3 is 2.39 bits per heavy atom. The first-order valence-electron chi connectivity index (χ1n) is 10.3. The van der Waals surface area contributed by atoms with E-state index in [1.807, 2.05) is 6.07 Å². The predicted molar refractivity (Wildman–Crippen MR) is 118 cm³/mol. The van der Waals surface area contributed by atoms with Crippen LogP contribution in [-0.4, -0.2) is 45.4 Å². The van der Waals surface area contributed by atoms with Gasteiger partial charge in [0.25, 0.3) is 0 Å². The van der Waals surface area contributed by atoms with E-state index >= 15 is 0 Å². The molecule has 174 valence electrons. The molecule has 1 aliphatic rings. The number of urea groups is 1. The Labute approximate surface area is 191 Å². The molecule has 2 N–H and O–H groups in total. The van der Waals surface area contributed by atoms with Crippen molar-refractivity contribution in [3.05, 3.63) is 76.5 Å². The summed E-state index contributed by atoms with van der Waals surface area (Å²) in [4.78, 5) is 37.8. The summed E-state index contributed by atoms with van der Waals surface area (Å²) in [5, 5.41) is 5.30. The second kappa shape index (κ2) is 11.1. The van der Waals surface area contributed by atoms with Crippen LogP contribution in [0.15, 0.2) is 59.8 Å². The van der Waals surface area contributed by atoms with Crippen LogP contribution in [0.25, 0.3) is 0 Å². The molecule has 33 heavy (non-hydrogen) atoms. The molecule has 0 aliphatic carbocycles. The Morgan fingerprint density at radius 1 is 0.970 bits per heavy atom. The van der Waals surface area contributed by atoms with Crippen LogP contribution in [0.4, 0.5) is 4.79 Å². The lowest BCUT2D eigenvalue weighted by Crippen LogP contribution is -2.47. The second-order valence-corrected chi connectivity index (χ2v) is 7.13. The number of rotatable bonds is 9. The maximum atomic E-state index is 12.8. The molecule has 0 spiro atoms. The molecular formula is C24H26N2O7. The molecule has 1 heterocycles. The van der Waals surface area contributed by atoms with E-state index in [0.29, 0.717) is 23.5 Å². The standard InChI is InChI=1S/C24H26N2O7/c1-4-32-23(28)20-19(14-33-22(27)17-7-5-6-15(12-17)13-30-2)25-24(29)26-21(20)16-8-10-18(31-3)11-9-16/h5-12,21H,4,13-14H2,1-3H3,(H2,25,26,29). The summed E-state index contributed by atoms with van der Waals surface area (Å²) >= 11 is 0. The van der Waals surface area contributed by atoms with Crippen LogP contribution >= 0.6 is 0 Å². The lowest BCUT2D eigenvalue weighted by molar-refractivity contribution is -0.139. The minimum Gasteiger partial charge on any atom is -0.497 e. The first-order chi connectivity index (χ1) is 16.0. The number of amides is 2. The van der Waals surface area contributed by atoms with Crippen LogP contribution < -0.4 is 15.4 Å². The van der Waals surface area contributed by atoms with Crippen LogP contribution in [-0.2, 0) is 25.6 Å². The molecular weight excluding hydrogens is 428 g/mol. The fourth-order valence-corrected chi connectivity index (χ4v) is 3.40. The highest BCUT2D eigenvalue weighted by Gasteiger charge is 2.34. The smallest absolute Gasteiger partial charge is 0.338 e. The van der Waals surface area contributed by atoms with Gasteiger partial charge in [-0.3, -0.25) is 0 Å². The number of methoxy groups -OCH3 is 2. The fraction of sp³-hybridized carbons (Fsp3) is 0.292. The average molecular weight is 454 g/mol.